The molecule has 1 amide bonds. The lowest BCUT2D eigenvalue weighted by atomic mass is 9.92. The van der Waals surface area contributed by atoms with Gasteiger partial charge in [0.05, 0.1) is 5.41 Å². The van der Waals surface area contributed by atoms with E-state index in [1.807, 2.05) is 20.8 Å². The number of aliphatic imine (C=N–C) groups is 1. The van der Waals surface area contributed by atoms with E-state index < -0.39 is 5.41 Å². The normalized spacial score (nSPS) is 12.2. The van der Waals surface area contributed by atoms with Crippen LogP contribution < -0.4 is 16.0 Å². The first kappa shape index (κ1) is 17.7. The van der Waals surface area contributed by atoms with Crippen LogP contribution in [0.3, 0.4) is 0 Å². The molecular weight excluding hydrogens is 244 g/mol. The molecule has 0 aromatic carbocycles. The largest absolute Gasteiger partial charge is 0.385 e. The summed E-state index contributed by atoms with van der Waals surface area (Å²) in [7, 11) is 3.40. The summed E-state index contributed by atoms with van der Waals surface area (Å²) in [5, 5.41) is 9.17. The molecule has 6 nitrogen and oxygen atoms in total. The fourth-order valence-corrected chi connectivity index (χ4v) is 1.43. The lowest BCUT2D eigenvalue weighted by molar-refractivity contribution is -0.128. The second-order valence-corrected chi connectivity index (χ2v) is 4.94. The molecule has 0 heterocycles. The first-order chi connectivity index (χ1) is 8.97. The van der Waals surface area contributed by atoms with Crippen molar-refractivity contribution in [2.75, 3.05) is 40.4 Å². The van der Waals surface area contributed by atoms with Gasteiger partial charge in [-0.05, 0) is 27.2 Å². The summed E-state index contributed by atoms with van der Waals surface area (Å²) in [6.45, 7) is 8.41. The second-order valence-electron chi connectivity index (χ2n) is 4.94. The molecule has 0 aliphatic heterocycles. The molecule has 0 atom stereocenters. The van der Waals surface area contributed by atoms with Crippen molar-refractivity contribution in [1.29, 1.82) is 0 Å². The Bertz CT molecular complexity index is 290. The third kappa shape index (κ3) is 7.66. The van der Waals surface area contributed by atoms with Crippen LogP contribution >= 0.6 is 0 Å². The van der Waals surface area contributed by atoms with Crippen LogP contribution in [-0.4, -0.2) is 52.3 Å². The molecule has 0 spiro atoms. The van der Waals surface area contributed by atoms with E-state index in [1.54, 1.807) is 14.2 Å². The van der Waals surface area contributed by atoms with Gasteiger partial charge in [0.1, 0.15) is 0 Å². The van der Waals surface area contributed by atoms with Crippen LogP contribution in [0.5, 0.6) is 0 Å². The maximum atomic E-state index is 11.8. The highest BCUT2D eigenvalue weighted by Gasteiger charge is 2.27. The molecule has 0 saturated carbocycles. The summed E-state index contributed by atoms with van der Waals surface area (Å²) >= 11 is 0. The summed E-state index contributed by atoms with van der Waals surface area (Å²) in [5.74, 6) is 0.741. The number of rotatable bonds is 8. The van der Waals surface area contributed by atoms with Crippen molar-refractivity contribution in [2.45, 2.75) is 27.2 Å². The van der Waals surface area contributed by atoms with Gasteiger partial charge in [-0.2, -0.15) is 0 Å². The predicted molar refractivity (Wildman–Crippen MR) is 78.3 cm³/mol. The van der Waals surface area contributed by atoms with E-state index >= 15 is 0 Å². The van der Waals surface area contributed by atoms with Crippen LogP contribution in [-0.2, 0) is 9.53 Å². The van der Waals surface area contributed by atoms with E-state index in [1.165, 1.54) is 0 Å². The minimum absolute atomic E-state index is 0.0392. The number of amides is 1. The molecule has 112 valence electrons. The van der Waals surface area contributed by atoms with E-state index in [4.69, 9.17) is 4.74 Å². The van der Waals surface area contributed by atoms with Crippen molar-refractivity contribution in [3.8, 4) is 0 Å². The quantitative estimate of drug-likeness (QED) is 0.339. The van der Waals surface area contributed by atoms with E-state index in [0.29, 0.717) is 25.7 Å². The lowest BCUT2D eigenvalue weighted by Crippen LogP contribution is -2.48. The monoisotopic (exact) mass is 272 g/mol. The lowest BCUT2D eigenvalue weighted by Gasteiger charge is -2.24. The smallest absolute Gasteiger partial charge is 0.227 e. The number of ether oxygens (including phenoxy) is 1. The molecule has 0 aromatic heterocycles. The summed E-state index contributed by atoms with van der Waals surface area (Å²) in [5.41, 5.74) is -0.472. The summed E-state index contributed by atoms with van der Waals surface area (Å²) in [4.78, 5) is 16.0. The third-order valence-electron chi connectivity index (χ3n) is 2.69. The van der Waals surface area contributed by atoms with Gasteiger partial charge in [-0.1, -0.05) is 0 Å². The zero-order valence-corrected chi connectivity index (χ0v) is 12.8. The molecule has 19 heavy (non-hydrogen) atoms. The summed E-state index contributed by atoms with van der Waals surface area (Å²) in [6.07, 6.45) is 0.914. The van der Waals surface area contributed by atoms with Crippen LogP contribution in [0, 0.1) is 5.41 Å². The number of methoxy groups -OCH3 is 1. The Morgan fingerprint density at radius 3 is 2.47 bits per heavy atom. The zero-order valence-electron chi connectivity index (χ0n) is 12.8. The van der Waals surface area contributed by atoms with E-state index in [0.717, 1.165) is 13.0 Å². The van der Waals surface area contributed by atoms with Gasteiger partial charge in [-0.3, -0.25) is 9.79 Å². The number of carbonyl (C=O) groups is 1. The Morgan fingerprint density at radius 1 is 1.26 bits per heavy atom. The number of guanidine groups is 1. The van der Waals surface area contributed by atoms with Crippen LogP contribution in [0.15, 0.2) is 4.99 Å². The standard InChI is InChI=1S/C13H28N4O2/c1-6-15-11(18)13(2,3)10-17-12(14-4)16-8-7-9-19-5/h6-10H2,1-5H3,(H,15,18)(H2,14,16,17). The number of carbonyl (C=O) groups excluding carboxylic acids is 1. The van der Waals surface area contributed by atoms with Crippen molar-refractivity contribution < 1.29 is 9.53 Å². The Hall–Kier alpha value is -1.30. The van der Waals surface area contributed by atoms with Crippen molar-refractivity contribution in [2.24, 2.45) is 10.4 Å². The van der Waals surface area contributed by atoms with Crippen LogP contribution in [0.2, 0.25) is 0 Å². The Balaban J connectivity index is 4.09. The van der Waals surface area contributed by atoms with Crippen LogP contribution in [0.4, 0.5) is 0 Å². The molecule has 3 N–H and O–H groups in total. The predicted octanol–water partition coefficient (Wildman–Crippen LogP) is 0.350. The van der Waals surface area contributed by atoms with Crippen molar-refractivity contribution >= 4 is 11.9 Å². The molecule has 0 aliphatic carbocycles. The van der Waals surface area contributed by atoms with Gasteiger partial charge in [-0.25, -0.2) is 0 Å². The van der Waals surface area contributed by atoms with E-state index in [-0.39, 0.29) is 5.91 Å². The molecule has 0 radical (unpaired) electrons. The maximum absolute atomic E-state index is 11.8. The highest BCUT2D eigenvalue weighted by atomic mass is 16.5. The van der Waals surface area contributed by atoms with Crippen molar-refractivity contribution in [1.82, 2.24) is 16.0 Å². The SMILES string of the molecule is CCNC(=O)C(C)(C)CNC(=NC)NCCCOC. The molecule has 0 saturated heterocycles. The number of nitrogens with zero attached hydrogens (tertiary/aromatic N) is 1. The highest BCUT2D eigenvalue weighted by Crippen LogP contribution is 2.13. The molecule has 6 heteroatoms. The Kier molecular flexibility index (Phi) is 8.95. The zero-order chi connectivity index (χ0) is 14.7. The van der Waals surface area contributed by atoms with Gasteiger partial charge >= 0.3 is 0 Å². The summed E-state index contributed by atoms with van der Waals surface area (Å²) < 4.78 is 4.98. The van der Waals surface area contributed by atoms with Gasteiger partial charge in [-0.15, -0.1) is 0 Å². The van der Waals surface area contributed by atoms with Gasteiger partial charge < -0.3 is 20.7 Å². The average Bonchev–Trinajstić information content (AvgIpc) is 2.38. The minimum Gasteiger partial charge on any atom is -0.385 e. The number of hydrogen-bond donors (Lipinski definition) is 3. The molecular formula is C13H28N4O2. The summed E-state index contributed by atoms with van der Waals surface area (Å²) in [6, 6.07) is 0. The highest BCUT2D eigenvalue weighted by molar-refractivity contribution is 5.84. The van der Waals surface area contributed by atoms with Crippen molar-refractivity contribution in [3.05, 3.63) is 0 Å². The molecule has 0 rings (SSSR count). The maximum Gasteiger partial charge on any atom is 0.227 e. The molecule has 0 aromatic rings. The van der Waals surface area contributed by atoms with Gasteiger partial charge in [0.15, 0.2) is 5.96 Å². The molecule has 0 unspecified atom stereocenters. The fourth-order valence-electron chi connectivity index (χ4n) is 1.43. The van der Waals surface area contributed by atoms with E-state index in [9.17, 15) is 4.79 Å². The molecule has 0 fully saturated rings. The van der Waals surface area contributed by atoms with Gasteiger partial charge in [0, 0.05) is 40.4 Å². The average molecular weight is 272 g/mol. The first-order valence-electron chi connectivity index (χ1n) is 6.69. The fraction of sp³-hybridized carbons (Fsp3) is 0.846. The number of nitrogens with one attached hydrogen (secondary N) is 3. The first-order valence-corrected chi connectivity index (χ1v) is 6.69. The van der Waals surface area contributed by atoms with E-state index in [2.05, 4.69) is 20.9 Å². The Labute approximate surface area is 116 Å². The Morgan fingerprint density at radius 2 is 1.95 bits per heavy atom. The van der Waals surface area contributed by atoms with Crippen LogP contribution in [0.1, 0.15) is 27.2 Å². The minimum atomic E-state index is -0.472. The topological polar surface area (TPSA) is 74.8 Å². The molecule has 0 bridgehead atoms. The molecule has 0 aliphatic rings. The van der Waals surface area contributed by atoms with Crippen molar-refractivity contribution in [3.63, 3.8) is 0 Å². The number of hydrogen-bond acceptors (Lipinski definition) is 3. The third-order valence-corrected chi connectivity index (χ3v) is 2.69. The van der Waals surface area contributed by atoms with Gasteiger partial charge in [0.25, 0.3) is 0 Å². The van der Waals surface area contributed by atoms with Gasteiger partial charge in [0.2, 0.25) is 5.91 Å². The van der Waals surface area contributed by atoms with Crippen LogP contribution in [0.25, 0.3) is 0 Å². The second kappa shape index (κ2) is 9.61.